The van der Waals surface area contributed by atoms with E-state index in [4.69, 9.17) is 14.7 Å². The summed E-state index contributed by atoms with van der Waals surface area (Å²) in [7, 11) is 0. The smallest absolute Gasteiger partial charge is 0.134 e. The highest BCUT2D eigenvalue weighted by Gasteiger charge is 2.23. The molecule has 0 atom stereocenters. The fraction of sp³-hybridized carbons (Fsp3) is 0.533. The Bertz CT molecular complexity index is 490. The summed E-state index contributed by atoms with van der Waals surface area (Å²) in [5.74, 6) is 2.42. The van der Waals surface area contributed by atoms with Crippen LogP contribution in [-0.2, 0) is 0 Å². The molecule has 1 aromatic rings. The number of ether oxygens (including phenoxy) is 2. The maximum Gasteiger partial charge on any atom is 0.134 e. The van der Waals surface area contributed by atoms with Gasteiger partial charge in [0.1, 0.15) is 23.8 Å². The summed E-state index contributed by atoms with van der Waals surface area (Å²) in [6, 6.07) is 5.72. The van der Waals surface area contributed by atoms with Crippen LogP contribution in [0.25, 0.3) is 0 Å². The van der Waals surface area contributed by atoms with Crippen molar-refractivity contribution in [2.75, 3.05) is 6.61 Å². The molecular formula is C15H19NO3. The average molecular weight is 261 g/mol. The number of fused-ring (bicyclic) bond motifs is 1. The van der Waals surface area contributed by atoms with Crippen molar-refractivity contribution in [3.63, 3.8) is 0 Å². The summed E-state index contributed by atoms with van der Waals surface area (Å²) in [6.07, 6.45) is 5.06. The van der Waals surface area contributed by atoms with E-state index >= 15 is 0 Å². The number of hydrogen-bond acceptors (Lipinski definition) is 4. The van der Waals surface area contributed by atoms with E-state index in [9.17, 15) is 0 Å². The fourth-order valence-corrected chi connectivity index (χ4v) is 2.78. The number of rotatable bonds is 2. The minimum absolute atomic E-state index is 0.321. The molecule has 4 heteroatoms. The van der Waals surface area contributed by atoms with Crippen molar-refractivity contribution < 1.29 is 14.7 Å². The quantitative estimate of drug-likeness (QED) is 0.657. The van der Waals surface area contributed by atoms with Gasteiger partial charge in [0.05, 0.1) is 6.10 Å². The van der Waals surface area contributed by atoms with Crippen LogP contribution >= 0.6 is 0 Å². The maximum absolute atomic E-state index is 8.84. The zero-order valence-electron chi connectivity index (χ0n) is 11.1. The third-order valence-electron chi connectivity index (χ3n) is 4.01. The third-order valence-corrected chi connectivity index (χ3v) is 4.01. The fourth-order valence-electron chi connectivity index (χ4n) is 2.78. The van der Waals surface area contributed by atoms with Crippen molar-refractivity contribution in [3.8, 4) is 11.5 Å². The molecule has 19 heavy (non-hydrogen) atoms. The molecular weight excluding hydrogens is 242 g/mol. The van der Waals surface area contributed by atoms with Crippen LogP contribution in [0.4, 0.5) is 0 Å². The van der Waals surface area contributed by atoms with Gasteiger partial charge in [-0.2, -0.15) is 0 Å². The monoisotopic (exact) mass is 261 g/mol. The van der Waals surface area contributed by atoms with Gasteiger partial charge in [0, 0.05) is 11.6 Å². The molecule has 102 valence electrons. The summed E-state index contributed by atoms with van der Waals surface area (Å²) < 4.78 is 11.5. The second-order valence-corrected chi connectivity index (χ2v) is 5.49. The Hall–Kier alpha value is -1.71. The van der Waals surface area contributed by atoms with Gasteiger partial charge < -0.3 is 14.7 Å². The molecule has 1 aliphatic heterocycles. The van der Waals surface area contributed by atoms with Crippen molar-refractivity contribution in [3.05, 3.63) is 23.8 Å². The Balaban J connectivity index is 1.70. The molecule has 0 bridgehead atoms. The van der Waals surface area contributed by atoms with Gasteiger partial charge in [-0.3, -0.25) is 0 Å². The highest BCUT2D eigenvalue weighted by atomic mass is 16.5. The molecule has 0 unspecified atom stereocenters. The average Bonchev–Trinajstić information content (AvgIpc) is 2.83. The second kappa shape index (κ2) is 5.11. The molecule has 1 aromatic carbocycles. The van der Waals surface area contributed by atoms with E-state index in [1.54, 1.807) is 0 Å². The lowest BCUT2D eigenvalue weighted by Crippen LogP contribution is -2.22. The third kappa shape index (κ3) is 2.53. The standard InChI is InChI=1S/C15H19NO3/c1-10-2-4-11(5-3-10)19-12-6-7-13-14(16-17)9-18-15(13)8-12/h6-8,10-11,17H,2-5,9H2,1H3. The van der Waals surface area contributed by atoms with E-state index in [0.717, 1.165) is 35.8 Å². The van der Waals surface area contributed by atoms with E-state index < -0.39 is 0 Å². The summed E-state index contributed by atoms with van der Waals surface area (Å²) in [6.45, 7) is 2.63. The first kappa shape index (κ1) is 12.3. The maximum atomic E-state index is 8.84. The number of nitrogens with zero attached hydrogens (tertiary/aromatic N) is 1. The molecule has 1 N–H and O–H groups in total. The molecule has 1 fully saturated rings. The van der Waals surface area contributed by atoms with Crippen LogP contribution in [0.15, 0.2) is 23.4 Å². The second-order valence-electron chi connectivity index (χ2n) is 5.49. The summed E-state index contributed by atoms with van der Waals surface area (Å²) >= 11 is 0. The predicted molar refractivity (Wildman–Crippen MR) is 72.3 cm³/mol. The zero-order valence-corrected chi connectivity index (χ0v) is 11.1. The normalized spacial score (nSPS) is 27.9. The van der Waals surface area contributed by atoms with Crippen molar-refractivity contribution >= 4 is 5.71 Å². The van der Waals surface area contributed by atoms with E-state index in [1.165, 1.54) is 12.8 Å². The Labute approximate surface area is 113 Å². The van der Waals surface area contributed by atoms with Gasteiger partial charge in [0.25, 0.3) is 0 Å². The van der Waals surface area contributed by atoms with Crippen LogP contribution < -0.4 is 9.47 Å². The Kier molecular flexibility index (Phi) is 3.32. The minimum Gasteiger partial charge on any atom is -0.490 e. The van der Waals surface area contributed by atoms with Gasteiger partial charge >= 0.3 is 0 Å². The first-order chi connectivity index (χ1) is 9.26. The van der Waals surface area contributed by atoms with Gasteiger partial charge in [0.15, 0.2) is 0 Å². The molecule has 1 aliphatic carbocycles. The van der Waals surface area contributed by atoms with E-state index in [-0.39, 0.29) is 0 Å². The minimum atomic E-state index is 0.321. The van der Waals surface area contributed by atoms with Crippen molar-refractivity contribution in [2.45, 2.75) is 38.7 Å². The summed E-state index contributed by atoms with van der Waals surface area (Å²) in [5.41, 5.74) is 1.43. The van der Waals surface area contributed by atoms with Crippen LogP contribution in [0.1, 0.15) is 38.2 Å². The largest absolute Gasteiger partial charge is 0.490 e. The molecule has 0 saturated heterocycles. The highest BCUT2D eigenvalue weighted by molar-refractivity contribution is 6.05. The molecule has 4 nitrogen and oxygen atoms in total. The molecule has 0 spiro atoms. The number of benzene rings is 1. The Morgan fingerprint density at radius 2 is 2.05 bits per heavy atom. The van der Waals surface area contributed by atoms with Crippen molar-refractivity contribution in [2.24, 2.45) is 11.1 Å². The van der Waals surface area contributed by atoms with Gasteiger partial charge in [-0.05, 0) is 43.7 Å². The van der Waals surface area contributed by atoms with Crippen LogP contribution in [0.3, 0.4) is 0 Å². The van der Waals surface area contributed by atoms with Crippen LogP contribution in [0, 0.1) is 5.92 Å². The van der Waals surface area contributed by atoms with E-state index in [1.807, 2.05) is 18.2 Å². The molecule has 1 heterocycles. The SMILES string of the molecule is CC1CCC(Oc2ccc3c(c2)OCC3=NO)CC1. The van der Waals surface area contributed by atoms with Crippen LogP contribution in [0.2, 0.25) is 0 Å². The molecule has 1 saturated carbocycles. The van der Waals surface area contributed by atoms with Crippen LogP contribution in [0.5, 0.6) is 11.5 Å². The number of oxime groups is 1. The molecule has 0 amide bonds. The lowest BCUT2D eigenvalue weighted by atomic mass is 9.89. The van der Waals surface area contributed by atoms with Crippen LogP contribution in [-0.4, -0.2) is 23.6 Å². The summed E-state index contributed by atoms with van der Waals surface area (Å²) in [4.78, 5) is 0. The lowest BCUT2D eigenvalue weighted by molar-refractivity contribution is 0.135. The van der Waals surface area contributed by atoms with Gasteiger partial charge in [-0.1, -0.05) is 12.1 Å². The summed E-state index contributed by atoms with van der Waals surface area (Å²) in [5, 5.41) is 12.1. The van der Waals surface area contributed by atoms with Gasteiger partial charge in [-0.25, -0.2) is 0 Å². The van der Waals surface area contributed by atoms with Gasteiger partial charge in [-0.15, -0.1) is 0 Å². The molecule has 3 rings (SSSR count). The number of hydrogen-bond donors (Lipinski definition) is 1. The zero-order chi connectivity index (χ0) is 13.2. The van der Waals surface area contributed by atoms with E-state index in [0.29, 0.717) is 18.4 Å². The first-order valence-electron chi connectivity index (χ1n) is 6.91. The first-order valence-corrected chi connectivity index (χ1v) is 6.91. The van der Waals surface area contributed by atoms with Gasteiger partial charge in [0.2, 0.25) is 0 Å². The predicted octanol–water partition coefficient (Wildman–Crippen LogP) is 3.21. The molecule has 0 radical (unpaired) electrons. The highest BCUT2D eigenvalue weighted by Crippen LogP contribution is 2.32. The molecule has 0 aromatic heterocycles. The topological polar surface area (TPSA) is 51.0 Å². The Morgan fingerprint density at radius 1 is 1.26 bits per heavy atom. The lowest BCUT2D eigenvalue weighted by Gasteiger charge is -2.26. The van der Waals surface area contributed by atoms with Crippen molar-refractivity contribution in [1.82, 2.24) is 0 Å². The Morgan fingerprint density at radius 3 is 2.79 bits per heavy atom. The molecule has 2 aliphatic rings. The van der Waals surface area contributed by atoms with E-state index in [2.05, 4.69) is 12.1 Å². The van der Waals surface area contributed by atoms with Crippen molar-refractivity contribution in [1.29, 1.82) is 0 Å².